The average molecular weight is 284 g/mol. The predicted molar refractivity (Wildman–Crippen MR) is 75.0 cm³/mol. The molecule has 3 nitrogen and oxygen atoms in total. The molecule has 5 heteroatoms. The second-order valence-electron chi connectivity index (χ2n) is 4.22. The average Bonchev–Trinajstić information content (AvgIpc) is 2.80. The minimum Gasteiger partial charge on any atom is -0.324 e. The smallest absolute Gasteiger partial charge is 0.0674 e. The van der Waals surface area contributed by atoms with E-state index in [9.17, 15) is 0 Å². The Kier molecular flexibility index (Phi) is 4.27. The molecule has 1 atom stereocenters. The van der Waals surface area contributed by atoms with Gasteiger partial charge in [-0.15, -0.1) is 0 Å². The zero-order valence-electron chi connectivity index (χ0n) is 10.1. The first-order valence-corrected chi connectivity index (χ1v) is 6.57. The molecule has 0 aliphatic carbocycles. The van der Waals surface area contributed by atoms with Crippen molar-refractivity contribution in [3.63, 3.8) is 0 Å². The highest BCUT2D eigenvalue weighted by atomic mass is 35.5. The Balaban J connectivity index is 2.16. The first-order chi connectivity index (χ1) is 8.60. The summed E-state index contributed by atoms with van der Waals surface area (Å²) >= 11 is 12.0. The normalized spacial score (nSPS) is 12.7. The van der Waals surface area contributed by atoms with Crippen molar-refractivity contribution in [2.24, 2.45) is 5.73 Å². The van der Waals surface area contributed by atoms with E-state index in [1.54, 1.807) is 12.3 Å². The second kappa shape index (κ2) is 5.74. The fourth-order valence-electron chi connectivity index (χ4n) is 1.72. The molecule has 0 saturated heterocycles. The number of hydrogen-bond donors (Lipinski definition) is 1. The molecule has 0 radical (unpaired) electrons. The van der Waals surface area contributed by atoms with Crippen LogP contribution in [0.15, 0.2) is 30.6 Å². The molecule has 1 aromatic heterocycles. The fourth-order valence-corrected chi connectivity index (χ4v) is 2.19. The van der Waals surface area contributed by atoms with Crippen LogP contribution in [-0.2, 0) is 6.54 Å². The Bertz CT molecular complexity index is 537. The van der Waals surface area contributed by atoms with Gasteiger partial charge in [0, 0.05) is 27.8 Å². The van der Waals surface area contributed by atoms with E-state index >= 15 is 0 Å². The Hall–Kier alpha value is -1.03. The van der Waals surface area contributed by atoms with Crippen LogP contribution in [0.3, 0.4) is 0 Å². The number of benzene rings is 1. The van der Waals surface area contributed by atoms with Gasteiger partial charge in [0.25, 0.3) is 0 Å². The van der Waals surface area contributed by atoms with Crippen molar-refractivity contribution < 1.29 is 0 Å². The van der Waals surface area contributed by atoms with Crippen molar-refractivity contribution >= 4 is 23.2 Å². The lowest BCUT2D eigenvalue weighted by Crippen LogP contribution is -2.07. The van der Waals surface area contributed by atoms with E-state index in [-0.39, 0.29) is 6.04 Å². The maximum absolute atomic E-state index is 6.13. The van der Waals surface area contributed by atoms with Gasteiger partial charge in [0.05, 0.1) is 12.7 Å². The van der Waals surface area contributed by atoms with Gasteiger partial charge in [0.15, 0.2) is 0 Å². The van der Waals surface area contributed by atoms with Crippen LogP contribution in [-0.4, -0.2) is 9.78 Å². The Morgan fingerprint density at radius 3 is 2.83 bits per heavy atom. The van der Waals surface area contributed by atoms with E-state index in [0.29, 0.717) is 16.6 Å². The largest absolute Gasteiger partial charge is 0.324 e. The fraction of sp³-hybridized carbons (Fsp3) is 0.308. The molecular weight excluding hydrogens is 269 g/mol. The minimum absolute atomic E-state index is 0.0411. The molecule has 2 aromatic rings. The van der Waals surface area contributed by atoms with Gasteiger partial charge in [0.2, 0.25) is 0 Å². The maximum atomic E-state index is 6.13. The second-order valence-corrected chi connectivity index (χ2v) is 5.07. The number of nitrogens with two attached hydrogens (primary N) is 1. The molecule has 2 N–H and O–H groups in total. The van der Waals surface area contributed by atoms with Crippen LogP contribution < -0.4 is 5.73 Å². The van der Waals surface area contributed by atoms with Crippen molar-refractivity contribution in [2.75, 3.05) is 0 Å². The van der Waals surface area contributed by atoms with Crippen LogP contribution in [0.25, 0.3) is 0 Å². The number of aromatic nitrogens is 2. The molecule has 0 spiro atoms. The summed E-state index contributed by atoms with van der Waals surface area (Å²) in [6.45, 7) is 2.67. The van der Waals surface area contributed by atoms with E-state index in [1.807, 2.05) is 23.0 Å². The van der Waals surface area contributed by atoms with E-state index in [4.69, 9.17) is 28.9 Å². The molecular formula is C13H15Cl2N3. The quantitative estimate of drug-likeness (QED) is 0.931. The highest BCUT2D eigenvalue weighted by molar-refractivity contribution is 6.35. The van der Waals surface area contributed by atoms with E-state index in [1.165, 1.54) is 0 Å². The third-order valence-electron chi connectivity index (χ3n) is 2.87. The Morgan fingerprint density at radius 2 is 2.17 bits per heavy atom. The molecule has 96 valence electrons. The maximum Gasteiger partial charge on any atom is 0.0674 e. The standard InChI is InChI=1S/C13H15Cl2N3/c1-2-13(16)10-6-17-18(8-10)7-9-3-4-11(14)5-12(9)15/h3-6,8,13H,2,7,16H2,1H3. The SMILES string of the molecule is CCC(N)c1cnn(Cc2ccc(Cl)cc2Cl)c1. The van der Waals surface area contributed by atoms with Crippen LogP contribution in [0.1, 0.15) is 30.5 Å². The molecule has 2 rings (SSSR count). The Labute approximate surface area is 117 Å². The molecule has 0 saturated carbocycles. The summed E-state index contributed by atoms with van der Waals surface area (Å²) in [6, 6.07) is 5.51. The first kappa shape index (κ1) is 13.4. The number of rotatable bonds is 4. The van der Waals surface area contributed by atoms with Crippen LogP contribution >= 0.6 is 23.2 Å². The molecule has 18 heavy (non-hydrogen) atoms. The van der Waals surface area contributed by atoms with Crippen LogP contribution in [0.2, 0.25) is 10.0 Å². The topological polar surface area (TPSA) is 43.8 Å². The third kappa shape index (κ3) is 3.05. The van der Waals surface area contributed by atoms with Gasteiger partial charge in [-0.05, 0) is 24.1 Å². The lowest BCUT2D eigenvalue weighted by Gasteiger charge is -2.06. The van der Waals surface area contributed by atoms with Crippen molar-refractivity contribution in [1.29, 1.82) is 0 Å². The van der Waals surface area contributed by atoms with Crippen molar-refractivity contribution in [1.82, 2.24) is 9.78 Å². The van der Waals surface area contributed by atoms with Gasteiger partial charge in [-0.3, -0.25) is 4.68 Å². The van der Waals surface area contributed by atoms with Gasteiger partial charge in [0.1, 0.15) is 0 Å². The van der Waals surface area contributed by atoms with Crippen LogP contribution in [0, 0.1) is 0 Å². The summed E-state index contributed by atoms with van der Waals surface area (Å²) in [7, 11) is 0. The zero-order valence-corrected chi connectivity index (χ0v) is 11.6. The third-order valence-corrected chi connectivity index (χ3v) is 3.46. The van der Waals surface area contributed by atoms with Gasteiger partial charge in [-0.2, -0.15) is 5.10 Å². The molecule has 0 aliphatic heterocycles. The van der Waals surface area contributed by atoms with Crippen molar-refractivity contribution in [3.8, 4) is 0 Å². The molecule has 0 aliphatic rings. The number of hydrogen-bond acceptors (Lipinski definition) is 2. The molecule has 0 bridgehead atoms. The molecule has 1 heterocycles. The summed E-state index contributed by atoms with van der Waals surface area (Å²) in [5, 5.41) is 5.58. The Morgan fingerprint density at radius 1 is 1.39 bits per heavy atom. The lowest BCUT2D eigenvalue weighted by atomic mass is 10.1. The van der Waals surface area contributed by atoms with E-state index < -0.39 is 0 Å². The highest BCUT2D eigenvalue weighted by Crippen LogP contribution is 2.22. The summed E-state index contributed by atoms with van der Waals surface area (Å²) in [4.78, 5) is 0. The molecule has 0 fully saturated rings. The van der Waals surface area contributed by atoms with Crippen LogP contribution in [0.4, 0.5) is 0 Å². The van der Waals surface area contributed by atoms with Crippen molar-refractivity contribution in [3.05, 3.63) is 51.8 Å². The number of halogens is 2. The predicted octanol–water partition coefficient (Wildman–Crippen LogP) is 3.65. The molecule has 1 aromatic carbocycles. The summed E-state index contributed by atoms with van der Waals surface area (Å²) in [6.07, 6.45) is 4.66. The molecule has 0 amide bonds. The summed E-state index contributed by atoms with van der Waals surface area (Å²) in [5.74, 6) is 0. The molecule has 1 unspecified atom stereocenters. The monoisotopic (exact) mass is 283 g/mol. The van der Waals surface area contributed by atoms with Gasteiger partial charge < -0.3 is 5.73 Å². The van der Waals surface area contributed by atoms with E-state index in [2.05, 4.69) is 12.0 Å². The van der Waals surface area contributed by atoms with E-state index in [0.717, 1.165) is 17.5 Å². The van der Waals surface area contributed by atoms with Gasteiger partial charge in [-0.25, -0.2) is 0 Å². The van der Waals surface area contributed by atoms with Gasteiger partial charge >= 0.3 is 0 Å². The number of nitrogens with zero attached hydrogens (tertiary/aromatic N) is 2. The van der Waals surface area contributed by atoms with Gasteiger partial charge in [-0.1, -0.05) is 36.2 Å². The zero-order chi connectivity index (χ0) is 13.1. The minimum atomic E-state index is 0.0411. The summed E-state index contributed by atoms with van der Waals surface area (Å²) < 4.78 is 1.83. The first-order valence-electron chi connectivity index (χ1n) is 5.82. The highest BCUT2D eigenvalue weighted by Gasteiger charge is 2.08. The van der Waals surface area contributed by atoms with Crippen LogP contribution in [0.5, 0.6) is 0 Å². The lowest BCUT2D eigenvalue weighted by molar-refractivity contribution is 0.675. The summed E-state index contributed by atoms with van der Waals surface area (Å²) in [5.41, 5.74) is 7.98. The van der Waals surface area contributed by atoms with Crippen molar-refractivity contribution in [2.45, 2.75) is 25.9 Å².